The second-order valence-electron chi connectivity index (χ2n) is 8.87. The van der Waals surface area contributed by atoms with Gasteiger partial charge in [0.05, 0.1) is 12.2 Å². The maximum Gasteiger partial charge on any atom is 0.422 e. The summed E-state index contributed by atoms with van der Waals surface area (Å²) in [5.41, 5.74) is 1.19. The van der Waals surface area contributed by atoms with Crippen LogP contribution in [0, 0.1) is 0 Å². The van der Waals surface area contributed by atoms with Gasteiger partial charge in [-0.1, -0.05) is 12.8 Å². The summed E-state index contributed by atoms with van der Waals surface area (Å²) in [6, 6.07) is 3.03. The molecule has 0 bridgehead atoms. The zero-order valence-electron chi connectivity index (χ0n) is 21.3. The summed E-state index contributed by atoms with van der Waals surface area (Å²) in [6.07, 6.45) is -3.31. The number of thiocarbonyl (C=S) groups is 1. The molecule has 1 aromatic heterocycles. The third kappa shape index (κ3) is 9.11. The molecule has 1 aliphatic carbocycles. The zero-order chi connectivity index (χ0) is 29.5. The van der Waals surface area contributed by atoms with Crippen LogP contribution in [0.4, 0.5) is 41.4 Å². The number of esters is 1. The fourth-order valence-electron chi connectivity index (χ4n) is 3.91. The molecule has 0 fully saturated rings. The second kappa shape index (κ2) is 13.7. The number of halogens is 7. The Bertz CT molecular complexity index is 1190. The summed E-state index contributed by atoms with van der Waals surface area (Å²) in [4.78, 5) is 13.8. The molecule has 0 radical (unpaired) electrons. The van der Waals surface area contributed by atoms with Crippen LogP contribution in [-0.2, 0) is 17.6 Å². The molecule has 0 atom stereocenters. The van der Waals surface area contributed by atoms with Crippen LogP contribution in [0.1, 0.15) is 53.4 Å². The number of anilines is 2. The minimum Gasteiger partial charge on any atom is -0.487 e. The van der Waals surface area contributed by atoms with Gasteiger partial charge in [0.15, 0.2) is 18.3 Å². The SMILES string of the molecule is CCOC(=O)c1c(NC(=S)Nc2cc(OCC(F)(F)F)cc(OCC(F)(F)C(F)F)c2)sc2c1CCCCCC2. The van der Waals surface area contributed by atoms with Crippen molar-refractivity contribution in [1.29, 1.82) is 0 Å². The molecule has 0 spiro atoms. The van der Waals surface area contributed by atoms with E-state index >= 15 is 0 Å². The van der Waals surface area contributed by atoms with Crippen molar-refractivity contribution < 1.29 is 49.7 Å². The van der Waals surface area contributed by atoms with E-state index in [0.29, 0.717) is 17.0 Å². The average molecular weight is 617 g/mol. The topological polar surface area (TPSA) is 68.8 Å². The minimum atomic E-state index is -4.70. The lowest BCUT2D eigenvalue weighted by Gasteiger charge is -2.18. The van der Waals surface area contributed by atoms with Gasteiger partial charge in [0.1, 0.15) is 16.5 Å². The van der Waals surface area contributed by atoms with E-state index in [1.807, 2.05) is 0 Å². The lowest BCUT2D eigenvalue weighted by molar-refractivity contribution is -0.153. The number of rotatable bonds is 10. The van der Waals surface area contributed by atoms with Gasteiger partial charge < -0.3 is 24.8 Å². The van der Waals surface area contributed by atoms with Crippen molar-refractivity contribution in [2.45, 2.75) is 64.0 Å². The number of fused-ring (bicyclic) bond motifs is 1. The maximum atomic E-state index is 13.4. The van der Waals surface area contributed by atoms with Crippen LogP contribution in [0.3, 0.4) is 0 Å². The molecule has 0 aliphatic heterocycles. The third-order valence-electron chi connectivity index (χ3n) is 5.67. The Kier molecular flexibility index (Phi) is 10.9. The molecule has 40 heavy (non-hydrogen) atoms. The largest absolute Gasteiger partial charge is 0.487 e. The molecule has 1 aliphatic rings. The number of aryl methyl sites for hydroxylation is 1. The molecule has 1 aromatic carbocycles. The molecule has 3 rings (SSSR count). The summed E-state index contributed by atoms with van der Waals surface area (Å²) in [7, 11) is 0. The Balaban J connectivity index is 1.85. The highest BCUT2D eigenvalue weighted by Crippen LogP contribution is 2.38. The highest BCUT2D eigenvalue weighted by Gasteiger charge is 2.41. The molecule has 0 saturated carbocycles. The van der Waals surface area contributed by atoms with Gasteiger partial charge in [0.25, 0.3) is 0 Å². The number of hydrogen-bond donors (Lipinski definition) is 2. The second-order valence-corrected chi connectivity index (χ2v) is 10.4. The molecule has 0 amide bonds. The average Bonchev–Trinajstić information content (AvgIpc) is 3.16. The summed E-state index contributed by atoms with van der Waals surface area (Å²) in [6.45, 7) is -1.59. The number of benzene rings is 1. The van der Waals surface area contributed by atoms with Gasteiger partial charge in [-0.25, -0.2) is 13.6 Å². The number of ether oxygens (including phenoxy) is 3. The molecule has 15 heteroatoms. The van der Waals surface area contributed by atoms with Crippen molar-refractivity contribution in [3.63, 3.8) is 0 Å². The Morgan fingerprint density at radius 2 is 1.60 bits per heavy atom. The monoisotopic (exact) mass is 616 g/mol. The molecule has 6 nitrogen and oxygen atoms in total. The van der Waals surface area contributed by atoms with Crippen LogP contribution in [0.5, 0.6) is 11.5 Å². The Hall–Kier alpha value is -2.81. The van der Waals surface area contributed by atoms with Crippen LogP contribution in [0.15, 0.2) is 18.2 Å². The number of alkyl halides is 7. The predicted molar refractivity (Wildman–Crippen MR) is 140 cm³/mol. The van der Waals surface area contributed by atoms with E-state index in [2.05, 4.69) is 15.4 Å². The van der Waals surface area contributed by atoms with Gasteiger partial charge in [-0.2, -0.15) is 22.0 Å². The molecular formula is C25H27F7N2O4S2. The van der Waals surface area contributed by atoms with Crippen molar-refractivity contribution >= 4 is 45.3 Å². The van der Waals surface area contributed by atoms with Crippen LogP contribution >= 0.6 is 23.6 Å². The molecule has 0 unspecified atom stereocenters. The predicted octanol–water partition coefficient (Wildman–Crippen LogP) is 7.61. The standard InChI is InChI=1S/C25H27F7N2O4S2/c1-2-36-21(35)19-17-7-5-3-4-6-8-18(17)40-20(19)34-23(39)33-14-9-15(37-12-24(28,29)22(26)27)11-16(10-14)38-13-25(30,31)32/h9-11,22H,2-8,12-13H2,1H3,(H2,33,34,39). The van der Waals surface area contributed by atoms with E-state index in [-0.39, 0.29) is 17.4 Å². The Morgan fingerprint density at radius 3 is 2.20 bits per heavy atom. The van der Waals surface area contributed by atoms with E-state index in [9.17, 15) is 35.5 Å². The van der Waals surface area contributed by atoms with Crippen molar-refractivity contribution in [1.82, 2.24) is 0 Å². The molecule has 2 N–H and O–H groups in total. The molecule has 0 saturated heterocycles. The van der Waals surface area contributed by atoms with Crippen molar-refractivity contribution in [3.05, 3.63) is 34.2 Å². The minimum absolute atomic E-state index is 0.0415. The van der Waals surface area contributed by atoms with E-state index in [1.165, 1.54) is 11.3 Å². The highest BCUT2D eigenvalue weighted by molar-refractivity contribution is 7.80. The summed E-state index contributed by atoms with van der Waals surface area (Å²) < 4.78 is 104. The third-order valence-corrected chi connectivity index (χ3v) is 7.08. The van der Waals surface area contributed by atoms with Gasteiger partial charge in [-0.3, -0.25) is 0 Å². The van der Waals surface area contributed by atoms with Crippen molar-refractivity contribution in [2.75, 3.05) is 30.5 Å². The highest BCUT2D eigenvalue weighted by atomic mass is 32.1. The summed E-state index contributed by atoms with van der Waals surface area (Å²) in [5, 5.41) is 5.94. The Labute approximate surface area is 235 Å². The van der Waals surface area contributed by atoms with Gasteiger partial charge in [0.2, 0.25) is 0 Å². The van der Waals surface area contributed by atoms with Gasteiger partial charge >= 0.3 is 24.5 Å². The summed E-state index contributed by atoms with van der Waals surface area (Å²) >= 11 is 6.68. The van der Waals surface area contributed by atoms with E-state index in [0.717, 1.165) is 60.7 Å². The smallest absolute Gasteiger partial charge is 0.422 e. The van der Waals surface area contributed by atoms with Crippen LogP contribution in [-0.4, -0.2) is 49.4 Å². The normalized spacial score (nSPS) is 14.1. The quantitative estimate of drug-likeness (QED) is 0.162. The first kappa shape index (κ1) is 31.7. The van der Waals surface area contributed by atoms with Gasteiger partial charge in [0, 0.05) is 28.8 Å². The Morgan fingerprint density at radius 1 is 0.975 bits per heavy atom. The molecule has 2 aromatic rings. The van der Waals surface area contributed by atoms with Crippen LogP contribution in [0.25, 0.3) is 0 Å². The van der Waals surface area contributed by atoms with Crippen LogP contribution < -0.4 is 20.1 Å². The molecule has 222 valence electrons. The fourth-order valence-corrected chi connectivity index (χ4v) is 5.48. The van der Waals surface area contributed by atoms with E-state index in [1.54, 1.807) is 6.92 Å². The van der Waals surface area contributed by atoms with Crippen LogP contribution in [0.2, 0.25) is 0 Å². The first-order chi connectivity index (χ1) is 18.8. The van der Waals surface area contributed by atoms with Crippen molar-refractivity contribution in [3.8, 4) is 11.5 Å². The molecule has 1 heterocycles. The summed E-state index contributed by atoms with van der Waals surface area (Å²) in [5.74, 6) is -5.92. The van der Waals surface area contributed by atoms with E-state index < -0.39 is 49.2 Å². The van der Waals surface area contributed by atoms with Crippen molar-refractivity contribution in [2.24, 2.45) is 0 Å². The van der Waals surface area contributed by atoms with Gasteiger partial charge in [-0.05, 0) is 50.4 Å². The number of thiophene rings is 1. The molecular weight excluding hydrogens is 589 g/mol. The maximum absolute atomic E-state index is 13.4. The first-order valence-electron chi connectivity index (χ1n) is 12.3. The lowest BCUT2D eigenvalue weighted by atomic mass is 9.96. The van der Waals surface area contributed by atoms with E-state index in [4.69, 9.17) is 21.7 Å². The lowest BCUT2D eigenvalue weighted by Crippen LogP contribution is -2.33. The number of carbonyl (C=O) groups excluding carboxylic acids is 1. The van der Waals surface area contributed by atoms with Gasteiger partial charge in [-0.15, -0.1) is 11.3 Å². The number of hydrogen-bond acceptors (Lipinski definition) is 6. The number of nitrogens with one attached hydrogen (secondary N) is 2. The first-order valence-corrected chi connectivity index (χ1v) is 13.5. The fraction of sp³-hybridized carbons (Fsp3) is 0.520. The zero-order valence-corrected chi connectivity index (χ0v) is 22.9. The number of carbonyl (C=O) groups is 1.